The van der Waals surface area contributed by atoms with Crippen molar-refractivity contribution in [1.82, 2.24) is 4.57 Å². The molecule has 0 amide bonds. The van der Waals surface area contributed by atoms with Gasteiger partial charge in [-0.3, -0.25) is 4.79 Å². The normalized spacial score (nSPS) is 12.4. The van der Waals surface area contributed by atoms with Crippen LogP contribution in [0.25, 0.3) is 10.9 Å². The first kappa shape index (κ1) is 22.8. The number of pyridine rings is 1. The Balaban J connectivity index is 2.49. The van der Waals surface area contributed by atoms with Crippen LogP contribution in [0, 0.1) is 11.7 Å². The molecule has 8 heteroatoms. The number of carboxylic acid groups (broad SMARTS) is 1. The quantitative estimate of drug-likeness (QED) is 0.564. The third-order valence-electron chi connectivity index (χ3n) is 5.41. The first-order chi connectivity index (χ1) is 14.7. The minimum atomic E-state index is -1.42. The Morgan fingerprint density at radius 1 is 1.26 bits per heavy atom. The summed E-state index contributed by atoms with van der Waals surface area (Å²) >= 11 is 5.91. The van der Waals surface area contributed by atoms with Gasteiger partial charge in [0.25, 0.3) is 0 Å². The van der Waals surface area contributed by atoms with Crippen molar-refractivity contribution >= 4 is 28.5 Å². The molecule has 0 aliphatic heterocycles. The van der Waals surface area contributed by atoms with Crippen LogP contribution < -0.4 is 10.2 Å². The number of nitrogens with zero attached hydrogens (tertiary/aromatic N) is 1. The van der Waals surface area contributed by atoms with Gasteiger partial charge in [0.2, 0.25) is 5.43 Å². The van der Waals surface area contributed by atoms with E-state index in [1.165, 1.54) is 25.3 Å². The lowest BCUT2D eigenvalue weighted by Crippen LogP contribution is -2.30. The lowest BCUT2D eigenvalue weighted by Gasteiger charge is -2.29. The monoisotopic (exact) mass is 447 g/mol. The van der Waals surface area contributed by atoms with Crippen LogP contribution in [-0.2, 0) is 6.42 Å². The summed E-state index contributed by atoms with van der Waals surface area (Å²) in [6, 6.07) is 8.55. The van der Waals surface area contributed by atoms with Gasteiger partial charge in [0, 0.05) is 23.6 Å². The second kappa shape index (κ2) is 9.08. The van der Waals surface area contributed by atoms with E-state index in [0.29, 0.717) is 11.3 Å². The van der Waals surface area contributed by atoms with Crippen LogP contribution in [0.5, 0.6) is 5.75 Å². The van der Waals surface area contributed by atoms with E-state index in [4.69, 9.17) is 16.3 Å². The molecule has 2 aromatic carbocycles. The lowest BCUT2D eigenvalue weighted by atomic mass is 9.97. The molecular formula is C23H23ClFNO5. The van der Waals surface area contributed by atoms with Crippen LogP contribution in [-0.4, -0.2) is 34.5 Å². The van der Waals surface area contributed by atoms with Gasteiger partial charge < -0.3 is 19.5 Å². The molecule has 3 aromatic rings. The zero-order chi connectivity index (χ0) is 22.9. The van der Waals surface area contributed by atoms with E-state index in [1.807, 2.05) is 13.8 Å². The standard InChI is InChI=1S/C23H23ClFNO5/c1-12(2)19(11-27)26-17-10-14(31-3)7-8-15(17)22(28)20(23(29)30)18(26)9-13-5-4-6-16(24)21(13)25/h4-8,10,12,19,27H,9,11H2,1-3H3,(H,29,30)/t19-/m1/s1. The van der Waals surface area contributed by atoms with E-state index in [9.17, 15) is 24.2 Å². The molecule has 0 saturated heterocycles. The summed E-state index contributed by atoms with van der Waals surface area (Å²) in [5.74, 6) is -1.76. The van der Waals surface area contributed by atoms with Gasteiger partial charge in [0.1, 0.15) is 17.1 Å². The number of hydrogen-bond donors (Lipinski definition) is 2. The molecule has 31 heavy (non-hydrogen) atoms. The number of aliphatic hydroxyl groups excluding tert-OH is 1. The number of fused-ring (bicyclic) bond motifs is 1. The van der Waals surface area contributed by atoms with Crippen LogP contribution in [0.15, 0.2) is 41.2 Å². The van der Waals surface area contributed by atoms with Gasteiger partial charge in [-0.15, -0.1) is 0 Å². The highest BCUT2D eigenvalue weighted by Crippen LogP contribution is 2.31. The Morgan fingerprint density at radius 2 is 1.97 bits per heavy atom. The van der Waals surface area contributed by atoms with Crippen LogP contribution in [0.2, 0.25) is 5.02 Å². The van der Waals surface area contributed by atoms with Crippen molar-refractivity contribution in [2.24, 2.45) is 5.92 Å². The zero-order valence-electron chi connectivity index (χ0n) is 17.4. The second-order valence-corrected chi connectivity index (χ2v) is 8.00. The molecular weight excluding hydrogens is 425 g/mol. The second-order valence-electron chi connectivity index (χ2n) is 7.59. The molecule has 0 unspecified atom stereocenters. The SMILES string of the molecule is COc1ccc2c(=O)c(C(=O)O)c(Cc3cccc(Cl)c3F)n([C@H](CO)C(C)C)c2c1. The predicted octanol–water partition coefficient (Wildman–Crippen LogP) is 4.28. The van der Waals surface area contributed by atoms with E-state index in [2.05, 4.69) is 0 Å². The molecule has 164 valence electrons. The van der Waals surface area contributed by atoms with Gasteiger partial charge in [-0.05, 0) is 29.7 Å². The van der Waals surface area contributed by atoms with Crippen molar-refractivity contribution < 1.29 is 24.1 Å². The number of aromatic carboxylic acids is 1. The summed E-state index contributed by atoms with van der Waals surface area (Å²) < 4.78 is 21.6. The molecule has 1 heterocycles. The molecule has 0 spiro atoms. The third-order valence-corrected chi connectivity index (χ3v) is 5.70. The summed E-state index contributed by atoms with van der Waals surface area (Å²) in [7, 11) is 1.48. The number of ether oxygens (including phenoxy) is 1. The highest BCUT2D eigenvalue weighted by atomic mass is 35.5. The number of methoxy groups -OCH3 is 1. The number of aromatic nitrogens is 1. The van der Waals surface area contributed by atoms with Crippen molar-refractivity contribution in [3.8, 4) is 5.75 Å². The zero-order valence-corrected chi connectivity index (χ0v) is 18.1. The first-order valence-corrected chi connectivity index (χ1v) is 10.1. The number of rotatable bonds is 7. The largest absolute Gasteiger partial charge is 0.497 e. The Bertz CT molecular complexity index is 1200. The molecule has 0 fully saturated rings. The maximum atomic E-state index is 14.7. The Kier molecular flexibility index (Phi) is 6.67. The Labute approximate surface area is 183 Å². The topological polar surface area (TPSA) is 88.8 Å². The van der Waals surface area contributed by atoms with Gasteiger partial charge in [0.05, 0.1) is 30.3 Å². The number of carbonyl (C=O) groups is 1. The van der Waals surface area contributed by atoms with Gasteiger partial charge in [0.15, 0.2) is 0 Å². The summed E-state index contributed by atoms with van der Waals surface area (Å²) in [5, 5.41) is 20.1. The Hall–Kier alpha value is -2.90. The molecule has 1 aromatic heterocycles. The minimum absolute atomic E-state index is 0.0900. The summed E-state index contributed by atoms with van der Waals surface area (Å²) in [6.45, 7) is 3.43. The molecule has 3 rings (SSSR count). The number of halogens is 2. The van der Waals surface area contributed by atoms with Gasteiger partial charge >= 0.3 is 5.97 Å². The molecule has 0 radical (unpaired) electrons. The molecule has 0 aliphatic rings. The van der Waals surface area contributed by atoms with Crippen LogP contribution >= 0.6 is 11.6 Å². The molecule has 0 saturated carbocycles. The fourth-order valence-electron chi connectivity index (χ4n) is 3.79. The van der Waals surface area contributed by atoms with Crippen molar-refractivity contribution in [3.63, 3.8) is 0 Å². The van der Waals surface area contributed by atoms with Crippen LogP contribution in [0.3, 0.4) is 0 Å². The van der Waals surface area contributed by atoms with Crippen molar-refractivity contribution in [3.05, 3.63) is 74.3 Å². The number of benzene rings is 2. The fourth-order valence-corrected chi connectivity index (χ4v) is 3.98. The first-order valence-electron chi connectivity index (χ1n) is 9.73. The summed E-state index contributed by atoms with van der Waals surface area (Å²) in [5.41, 5.74) is -0.507. The molecule has 0 aliphatic carbocycles. The van der Waals surface area contributed by atoms with Crippen LogP contribution in [0.4, 0.5) is 4.39 Å². The maximum Gasteiger partial charge on any atom is 0.341 e. The molecule has 2 N–H and O–H groups in total. The number of hydrogen-bond acceptors (Lipinski definition) is 4. The molecule has 0 bridgehead atoms. The lowest BCUT2D eigenvalue weighted by molar-refractivity contribution is 0.0692. The van der Waals surface area contributed by atoms with Crippen molar-refractivity contribution in [2.75, 3.05) is 13.7 Å². The van der Waals surface area contributed by atoms with E-state index >= 15 is 0 Å². The summed E-state index contributed by atoms with van der Waals surface area (Å²) in [4.78, 5) is 25.3. The van der Waals surface area contributed by atoms with E-state index < -0.39 is 28.8 Å². The predicted molar refractivity (Wildman–Crippen MR) is 117 cm³/mol. The minimum Gasteiger partial charge on any atom is -0.497 e. The van der Waals surface area contributed by atoms with Gasteiger partial charge in [-0.2, -0.15) is 0 Å². The van der Waals surface area contributed by atoms with Crippen LogP contribution in [0.1, 0.15) is 41.5 Å². The third kappa shape index (κ3) is 4.16. The number of carboxylic acids is 1. The van der Waals surface area contributed by atoms with Crippen molar-refractivity contribution in [2.45, 2.75) is 26.3 Å². The fraction of sp³-hybridized carbons (Fsp3) is 0.304. The van der Waals surface area contributed by atoms with E-state index in [1.54, 1.807) is 22.8 Å². The van der Waals surface area contributed by atoms with Gasteiger partial charge in [-0.25, -0.2) is 9.18 Å². The average molecular weight is 448 g/mol. The highest BCUT2D eigenvalue weighted by Gasteiger charge is 2.28. The van der Waals surface area contributed by atoms with E-state index in [-0.39, 0.29) is 40.6 Å². The maximum absolute atomic E-state index is 14.7. The van der Waals surface area contributed by atoms with E-state index in [0.717, 1.165) is 0 Å². The average Bonchev–Trinajstić information content (AvgIpc) is 2.73. The van der Waals surface area contributed by atoms with Crippen molar-refractivity contribution in [1.29, 1.82) is 0 Å². The van der Waals surface area contributed by atoms with Gasteiger partial charge in [-0.1, -0.05) is 37.6 Å². The highest BCUT2D eigenvalue weighted by molar-refractivity contribution is 6.30. The summed E-state index contributed by atoms with van der Waals surface area (Å²) in [6.07, 6.45) is -0.195. The molecule has 6 nitrogen and oxygen atoms in total. The smallest absolute Gasteiger partial charge is 0.341 e. The Morgan fingerprint density at radius 3 is 2.55 bits per heavy atom. The molecule has 1 atom stereocenters. The number of aliphatic hydroxyl groups is 1.